The number of hydrogen-bond donors (Lipinski definition) is 2. The lowest BCUT2D eigenvalue weighted by molar-refractivity contribution is 0.0696. The van der Waals surface area contributed by atoms with Gasteiger partial charge in [0.25, 0.3) is 17.8 Å². The molecule has 198 valence electrons. The molecule has 38 heavy (non-hydrogen) atoms. The van der Waals surface area contributed by atoms with Crippen LogP contribution in [-0.4, -0.2) is 69.2 Å². The van der Waals surface area contributed by atoms with E-state index in [1.54, 1.807) is 24.5 Å². The molecule has 0 spiro atoms. The summed E-state index contributed by atoms with van der Waals surface area (Å²) in [6, 6.07) is 4.58. The van der Waals surface area contributed by atoms with Crippen LogP contribution in [-0.2, 0) is 4.74 Å². The molecular formula is C26H29N7O5. The molecule has 3 saturated heterocycles. The first-order valence-corrected chi connectivity index (χ1v) is 13.0. The quantitative estimate of drug-likeness (QED) is 0.478. The number of anilines is 2. The molecule has 2 bridgehead atoms. The number of piperidine rings is 1. The van der Waals surface area contributed by atoms with Crippen molar-refractivity contribution in [2.75, 3.05) is 23.4 Å². The normalized spacial score (nSPS) is 23.2. The van der Waals surface area contributed by atoms with Gasteiger partial charge in [0.15, 0.2) is 5.69 Å². The summed E-state index contributed by atoms with van der Waals surface area (Å²) in [5.41, 5.74) is 0.793. The summed E-state index contributed by atoms with van der Waals surface area (Å²) in [5.74, 6) is -0.748. The zero-order chi connectivity index (χ0) is 25.9. The third-order valence-electron chi connectivity index (χ3n) is 7.32. The summed E-state index contributed by atoms with van der Waals surface area (Å²) < 4.78 is 17.1. The molecule has 0 aliphatic carbocycles. The van der Waals surface area contributed by atoms with E-state index >= 15 is 0 Å². The predicted octanol–water partition coefficient (Wildman–Crippen LogP) is 2.60. The van der Waals surface area contributed by atoms with Gasteiger partial charge in [0.2, 0.25) is 0 Å². The van der Waals surface area contributed by atoms with E-state index in [9.17, 15) is 9.59 Å². The number of pyridine rings is 1. The highest BCUT2D eigenvalue weighted by molar-refractivity contribution is 6.08. The number of hydrogen-bond acceptors (Lipinski definition) is 10. The first kappa shape index (κ1) is 24.3. The highest BCUT2D eigenvalue weighted by Gasteiger charge is 2.44. The summed E-state index contributed by atoms with van der Waals surface area (Å²) in [5, 5.41) is 5.80. The number of nitrogens with one attached hydrogen (secondary N) is 2. The van der Waals surface area contributed by atoms with E-state index in [1.807, 2.05) is 0 Å². The number of rotatable bonds is 7. The lowest BCUT2D eigenvalue weighted by atomic mass is 10.0. The van der Waals surface area contributed by atoms with Gasteiger partial charge in [0.05, 0.1) is 11.3 Å². The molecule has 2 N–H and O–H groups in total. The number of aromatic nitrogens is 4. The Labute approximate surface area is 219 Å². The zero-order valence-corrected chi connectivity index (χ0v) is 20.8. The van der Waals surface area contributed by atoms with Gasteiger partial charge in [-0.2, -0.15) is 4.98 Å². The first-order chi connectivity index (χ1) is 18.6. The first-order valence-electron chi connectivity index (χ1n) is 13.0. The van der Waals surface area contributed by atoms with E-state index in [0.29, 0.717) is 36.5 Å². The fourth-order valence-electron chi connectivity index (χ4n) is 5.49. The van der Waals surface area contributed by atoms with E-state index < -0.39 is 5.91 Å². The maximum absolute atomic E-state index is 13.1. The SMILES string of the molecule is O=C(Nc1ccncc1C(=O)NC1CCOCC1)c1coc(N2[C@@H]3CC[C@H]2C[C@@H](Oc2ncccn2)C3)n1. The summed E-state index contributed by atoms with van der Waals surface area (Å²) in [7, 11) is 0. The zero-order valence-electron chi connectivity index (χ0n) is 20.8. The molecule has 6 heterocycles. The lowest BCUT2D eigenvalue weighted by Crippen LogP contribution is -2.46. The minimum absolute atomic E-state index is 0.0151. The van der Waals surface area contributed by atoms with Crippen molar-refractivity contribution in [2.24, 2.45) is 0 Å². The van der Waals surface area contributed by atoms with Crippen molar-refractivity contribution in [1.29, 1.82) is 0 Å². The standard InChI is InChI=1S/C26H29N7O5/c34-23(30-16-5-10-36-11-6-16)20-14-27-9-4-21(20)31-24(35)22-15-37-26(32-22)33-17-2-3-18(33)13-19(12-17)38-25-28-7-1-8-29-25/h1,4,7-9,14-19H,2-3,5-6,10-13H2,(H,30,34)(H,27,31,35)/t17-,18+,19+. The molecule has 3 fully saturated rings. The summed E-state index contributed by atoms with van der Waals surface area (Å²) in [6.45, 7) is 1.23. The van der Waals surface area contributed by atoms with Crippen molar-refractivity contribution in [1.82, 2.24) is 25.3 Å². The molecule has 0 radical (unpaired) electrons. The largest absolute Gasteiger partial charge is 0.460 e. The maximum Gasteiger partial charge on any atom is 0.316 e. The molecule has 0 aromatic carbocycles. The Morgan fingerprint density at radius 3 is 2.53 bits per heavy atom. The smallest absolute Gasteiger partial charge is 0.316 e. The van der Waals surface area contributed by atoms with Gasteiger partial charge < -0.3 is 29.4 Å². The van der Waals surface area contributed by atoms with Crippen LogP contribution in [0.5, 0.6) is 6.01 Å². The summed E-state index contributed by atoms with van der Waals surface area (Å²) in [6.07, 6.45) is 12.7. The highest BCUT2D eigenvalue weighted by Crippen LogP contribution is 2.40. The van der Waals surface area contributed by atoms with Crippen LogP contribution >= 0.6 is 0 Å². The van der Waals surface area contributed by atoms with Gasteiger partial charge >= 0.3 is 6.01 Å². The summed E-state index contributed by atoms with van der Waals surface area (Å²) >= 11 is 0. The van der Waals surface area contributed by atoms with Crippen LogP contribution in [0, 0.1) is 0 Å². The molecular weight excluding hydrogens is 490 g/mol. The number of ether oxygens (including phenoxy) is 2. The molecule has 3 aromatic heterocycles. The van der Waals surface area contributed by atoms with Gasteiger partial charge in [-0.25, -0.2) is 9.97 Å². The topological polar surface area (TPSA) is 145 Å². The summed E-state index contributed by atoms with van der Waals surface area (Å²) in [4.78, 5) is 45.0. The van der Waals surface area contributed by atoms with Crippen molar-refractivity contribution in [3.8, 4) is 6.01 Å². The molecule has 3 atom stereocenters. The molecule has 3 aliphatic rings. The fourth-order valence-corrected chi connectivity index (χ4v) is 5.49. The van der Waals surface area contributed by atoms with E-state index in [0.717, 1.165) is 38.5 Å². The second kappa shape index (κ2) is 10.7. The number of oxazole rings is 1. The van der Waals surface area contributed by atoms with Gasteiger partial charge in [0, 0.05) is 69.0 Å². The molecule has 3 aromatic rings. The lowest BCUT2D eigenvalue weighted by Gasteiger charge is -2.37. The van der Waals surface area contributed by atoms with Crippen LogP contribution in [0.15, 0.2) is 47.6 Å². The van der Waals surface area contributed by atoms with Crippen LogP contribution in [0.1, 0.15) is 59.4 Å². The maximum atomic E-state index is 13.1. The van der Waals surface area contributed by atoms with Gasteiger partial charge in [-0.15, -0.1) is 0 Å². The van der Waals surface area contributed by atoms with E-state index in [-0.39, 0.29) is 35.8 Å². The molecule has 0 saturated carbocycles. The van der Waals surface area contributed by atoms with Crippen molar-refractivity contribution in [2.45, 2.75) is 62.8 Å². The van der Waals surface area contributed by atoms with Crippen LogP contribution in [0.4, 0.5) is 11.7 Å². The molecule has 3 aliphatic heterocycles. The molecule has 12 nitrogen and oxygen atoms in total. The van der Waals surface area contributed by atoms with Crippen molar-refractivity contribution >= 4 is 23.5 Å². The Bertz CT molecular complexity index is 1270. The molecule has 0 unspecified atom stereocenters. The Hall–Kier alpha value is -4.06. The van der Waals surface area contributed by atoms with E-state index in [4.69, 9.17) is 13.9 Å². The van der Waals surface area contributed by atoms with Gasteiger partial charge in [-0.3, -0.25) is 14.6 Å². The minimum atomic E-state index is -0.460. The second-order valence-electron chi connectivity index (χ2n) is 9.79. The molecule has 6 rings (SSSR count). The van der Waals surface area contributed by atoms with Crippen molar-refractivity contribution in [3.63, 3.8) is 0 Å². The van der Waals surface area contributed by atoms with E-state index in [2.05, 4.69) is 35.5 Å². The van der Waals surface area contributed by atoms with Gasteiger partial charge in [-0.05, 0) is 37.8 Å². The van der Waals surface area contributed by atoms with Crippen molar-refractivity contribution in [3.05, 3.63) is 54.4 Å². The molecule has 12 heteroatoms. The van der Waals surface area contributed by atoms with Crippen LogP contribution in [0.2, 0.25) is 0 Å². The van der Waals surface area contributed by atoms with Crippen LogP contribution < -0.4 is 20.3 Å². The van der Waals surface area contributed by atoms with Gasteiger partial charge in [-0.1, -0.05) is 0 Å². The van der Waals surface area contributed by atoms with Crippen LogP contribution in [0.25, 0.3) is 0 Å². The fraction of sp³-hybridized carbons (Fsp3) is 0.462. The number of nitrogens with zero attached hydrogens (tertiary/aromatic N) is 5. The average Bonchev–Trinajstić information content (AvgIpc) is 3.52. The van der Waals surface area contributed by atoms with Crippen molar-refractivity contribution < 1.29 is 23.5 Å². The van der Waals surface area contributed by atoms with Gasteiger partial charge in [0.1, 0.15) is 12.4 Å². The Morgan fingerprint density at radius 2 is 1.76 bits per heavy atom. The number of fused-ring (bicyclic) bond motifs is 2. The number of amides is 2. The third-order valence-corrected chi connectivity index (χ3v) is 7.32. The van der Waals surface area contributed by atoms with Crippen LogP contribution in [0.3, 0.4) is 0 Å². The third kappa shape index (κ3) is 5.17. The predicted molar refractivity (Wildman–Crippen MR) is 135 cm³/mol. The minimum Gasteiger partial charge on any atom is -0.460 e. The highest BCUT2D eigenvalue weighted by atomic mass is 16.5. The Morgan fingerprint density at radius 1 is 1.00 bits per heavy atom. The average molecular weight is 520 g/mol. The Balaban J connectivity index is 1.10. The Kier molecular flexibility index (Phi) is 6.86. The number of carbonyl (C=O) groups excluding carboxylic acids is 2. The second-order valence-corrected chi connectivity index (χ2v) is 9.79. The number of carbonyl (C=O) groups is 2. The molecule has 2 amide bonds. The van der Waals surface area contributed by atoms with E-state index in [1.165, 1.54) is 18.7 Å². The monoisotopic (exact) mass is 519 g/mol.